The zero-order valence-electron chi connectivity index (χ0n) is 21.7. The van der Waals surface area contributed by atoms with Gasteiger partial charge in [-0.25, -0.2) is 14.8 Å². The van der Waals surface area contributed by atoms with Gasteiger partial charge in [0.2, 0.25) is 0 Å². The summed E-state index contributed by atoms with van der Waals surface area (Å²) in [6.07, 6.45) is -1.33. The van der Waals surface area contributed by atoms with Gasteiger partial charge in [-0.05, 0) is 44.2 Å². The van der Waals surface area contributed by atoms with Crippen LogP contribution in [-0.2, 0) is 9.53 Å². The number of aliphatic carboxylic acids is 1. The number of thiophene rings is 1. The van der Waals surface area contributed by atoms with Crippen LogP contribution in [0.15, 0.2) is 29.2 Å². The van der Waals surface area contributed by atoms with E-state index in [1.54, 1.807) is 18.4 Å². The number of halogens is 3. The highest BCUT2D eigenvalue weighted by molar-refractivity contribution is 7.08. The predicted octanol–water partition coefficient (Wildman–Crippen LogP) is 4.81. The molecule has 0 spiro atoms. The highest BCUT2D eigenvalue weighted by Gasteiger charge is 2.38. The molecule has 0 bridgehead atoms. The summed E-state index contributed by atoms with van der Waals surface area (Å²) in [5.74, 6) is -1.38. The summed E-state index contributed by atoms with van der Waals surface area (Å²) in [6.45, 7) is 7.25. The lowest BCUT2D eigenvalue weighted by atomic mass is 9.92. The Labute approximate surface area is 222 Å². The number of anilines is 1. The van der Waals surface area contributed by atoms with Gasteiger partial charge in [0.05, 0.1) is 24.0 Å². The molecule has 1 aliphatic heterocycles. The number of rotatable bonds is 7. The number of aromatic nitrogens is 3. The molecule has 3 aromatic heterocycles. The number of nitrogens with zero attached hydrogens (tertiary/aromatic N) is 5. The number of likely N-dealkylation sites (N-methyl/N-ethyl adjacent to an activating group) is 1. The lowest BCUT2D eigenvalue weighted by molar-refractivity contribution is -0.192. The van der Waals surface area contributed by atoms with Gasteiger partial charge in [0.25, 0.3) is 5.91 Å². The Morgan fingerprint density at radius 3 is 2.47 bits per heavy atom. The van der Waals surface area contributed by atoms with Gasteiger partial charge in [0, 0.05) is 56.8 Å². The van der Waals surface area contributed by atoms with Crippen molar-refractivity contribution in [3.63, 3.8) is 0 Å². The maximum atomic E-state index is 12.7. The predicted molar refractivity (Wildman–Crippen MR) is 139 cm³/mol. The van der Waals surface area contributed by atoms with Crippen LogP contribution in [0.3, 0.4) is 0 Å². The molecule has 0 aromatic carbocycles. The SMILES string of the molecule is COCCN(C)c1nc(C2CCN(C(=O)c3ccsc3)CC2)cc2c1ncn2C(C)C.O=C(O)C(F)(F)F. The van der Waals surface area contributed by atoms with Crippen LogP contribution in [0.4, 0.5) is 19.0 Å². The first kappa shape index (κ1) is 29.4. The van der Waals surface area contributed by atoms with Gasteiger partial charge in [-0.1, -0.05) is 0 Å². The third-order valence-corrected chi connectivity index (χ3v) is 7.01. The summed E-state index contributed by atoms with van der Waals surface area (Å²) in [5, 5.41) is 11.0. The number of carboxylic acids is 1. The van der Waals surface area contributed by atoms with Crippen molar-refractivity contribution in [2.75, 3.05) is 45.3 Å². The van der Waals surface area contributed by atoms with Crippen molar-refractivity contribution in [3.8, 4) is 0 Å². The molecule has 4 rings (SSSR count). The molecule has 0 saturated carbocycles. The maximum Gasteiger partial charge on any atom is 0.490 e. The lowest BCUT2D eigenvalue weighted by Crippen LogP contribution is -2.38. The number of carbonyl (C=O) groups excluding carboxylic acids is 1. The molecule has 208 valence electrons. The Kier molecular flexibility index (Phi) is 9.71. The molecule has 1 fully saturated rings. The highest BCUT2D eigenvalue weighted by atomic mass is 32.1. The minimum atomic E-state index is -5.08. The molecular formula is C25H32F3N5O4S. The molecule has 13 heteroatoms. The molecule has 9 nitrogen and oxygen atoms in total. The molecule has 0 unspecified atom stereocenters. The van der Waals surface area contributed by atoms with Crippen molar-refractivity contribution in [1.82, 2.24) is 19.4 Å². The molecule has 0 atom stereocenters. The number of pyridine rings is 1. The molecule has 1 amide bonds. The van der Waals surface area contributed by atoms with E-state index in [4.69, 9.17) is 19.6 Å². The molecule has 0 aliphatic carbocycles. The van der Waals surface area contributed by atoms with Gasteiger partial charge in [0.15, 0.2) is 5.82 Å². The lowest BCUT2D eigenvalue weighted by Gasteiger charge is -2.32. The third-order valence-electron chi connectivity index (χ3n) is 6.32. The fraction of sp³-hybridized carbons (Fsp3) is 0.520. The Morgan fingerprint density at radius 2 is 1.95 bits per heavy atom. The van der Waals surface area contributed by atoms with Crippen LogP contribution in [0.2, 0.25) is 0 Å². The highest BCUT2D eigenvalue weighted by Crippen LogP contribution is 2.33. The van der Waals surface area contributed by atoms with Crippen molar-refractivity contribution in [1.29, 1.82) is 0 Å². The number of methoxy groups -OCH3 is 1. The van der Waals surface area contributed by atoms with E-state index >= 15 is 0 Å². The van der Waals surface area contributed by atoms with Crippen molar-refractivity contribution in [2.45, 2.75) is 44.8 Å². The molecule has 0 radical (unpaired) electrons. The monoisotopic (exact) mass is 555 g/mol. The number of likely N-dealkylation sites (tertiary alicyclic amines) is 1. The third kappa shape index (κ3) is 7.01. The van der Waals surface area contributed by atoms with E-state index in [2.05, 4.69) is 34.4 Å². The number of alkyl halides is 3. The summed E-state index contributed by atoms with van der Waals surface area (Å²) in [5.41, 5.74) is 3.94. The van der Waals surface area contributed by atoms with E-state index < -0.39 is 12.1 Å². The van der Waals surface area contributed by atoms with Crippen molar-refractivity contribution >= 4 is 40.1 Å². The van der Waals surface area contributed by atoms with Gasteiger partial charge in [-0.15, -0.1) is 0 Å². The number of hydrogen-bond donors (Lipinski definition) is 1. The van der Waals surface area contributed by atoms with Crippen LogP contribution < -0.4 is 4.90 Å². The quantitative estimate of drug-likeness (QED) is 0.447. The molecule has 4 heterocycles. The normalized spacial score (nSPS) is 14.5. The zero-order chi connectivity index (χ0) is 28.0. The summed E-state index contributed by atoms with van der Waals surface area (Å²) >= 11 is 1.57. The standard InChI is InChI=1S/C23H31N5O2S.C2HF3O2/c1-16(2)28-15-24-21-20(28)13-19(25-22(21)26(3)10-11-30-4)17-5-8-27(9-6-17)23(29)18-7-12-31-14-18;3-2(4,5)1(6)7/h7,12-17H,5-6,8-11H2,1-4H3;(H,6,7). The number of piperidine rings is 1. The van der Waals surface area contributed by atoms with Gasteiger partial charge in [-0.2, -0.15) is 24.5 Å². The minimum absolute atomic E-state index is 0.140. The molecule has 38 heavy (non-hydrogen) atoms. The van der Waals surface area contributed by atoms with Crippen LogP contribution in [-0.4, -0.2) is 83.0 Å². The van der Waals surface area contributed by atoms with Gasteiger partial charge < -0.3 is 24.2 Å². The number of imidazole rings is 1. The largest absolute Gasteiger partial charge is 0.490 e. The number of carbonyl (C=O) groups is 2. The van der Waals surface area contributed by atoms with E-state index in [0.717, 1.165) is 60.6 Å². The van der Waals surface area contributed by atoms with Crippen LogP contribution in [0.1, 0.15) is 54.7 Å². The average Bonchev–Trinajstić information content (AvgIpc) is 3.56. The average molecular weight is 556 g/mol. The minimum Gasteiger partial charge on any atom is -0.475 e. The first-order valence-corrected chi connectivity index (χ1v) is 13.1. The number of carboxylic acid groups (broad SMARTS) is 1. The number of amides is 1. The second kappa shape index (κ2) is 12.6. The van der Waals surface area contributed by atoms with Crippen LogP contribution in [0, 0.1) is 0 Å². The van der Waals surface area contributed by atoms with Crippen molar-refractivity contribution < 1.29 is 32.6 Å². The maximum absolute atomic E-state index is 12.7. The number of hydrogen-bond acceptors (Lipinski definition) is 7. The van der Waals surface area contributed by atoms with E-state index in [0.29, 0.717) is 18.6 Å². The van der Waals surface area contributed by atoms with Crippen LogP contribution >= 0.6 is 11.3 Å². The Morgan fingerprint density at radius 1 is 1.29 bits per heavy atom. The Balaban J connectivity index is 0.000000505. The fourth-order valence-corrected chi connectivity index (χ4v) is 4.83. The fourth-order valence-electron chi connectivity index (χ4n) is 4.20. The topological polar surface area (TPSA) is 101 Å². The second-order valence-electron chi connectivity index (χ2n) is 9.28. The Hall–Kier alpha value is -3.19. The summed E-state index contributed by atoms with van der Waals surface area (Å²) < 4.78 is 39.2. The summed E-state index contributed by atoms with van der Waals surface area (Å²) in [6, 6.07) is 4.43. The molecular weight excluding hydrogens is 523 g/mol. The second-order valence-corrected chi connectivity index (χ2v) is 10.1. The first-order chi connectivity index (χ1) is 17.9. The summed E-state index contributed by atoms with van der Waals surface area (Å²) in [7, 11) is 3.76. The zero-order valence-corrected chi connectivity index (χ0v) is 22.6. The Bertz CT molecular complexity index is 1220. The van der Waals surface area contributed by atoms with Crippen molar-refractivity contribution in [3.05, 3.63) is 40.5 Å². The summed E-state index contributed by atoms with van der Waals surface area (Å²) in [4.78, 5) is 35.4. The number of fused-ring (bicyclic) bond motifs is 1. The van der Waals surface area contributed by atoms with E-state index in [1.165, 1.54) is 0 Å². The van der Waals surface area contributed by atoms with Gasteiger partial charge in [0.1, 0.15) is 5.52 Å². The van der Waals surface area contributed by atoms with Crippen LogP contribution in [0.25, 0.3) is 11.0 Å². The van der Waals surface area contributed by atoms with Gasteiger partial charge in [-0.3, -0.25) is 4.79 Å². The van der Waals surface area contributed by atoms with Crippen LogP contribution in [0.5, 0.6) is 0 Å². The van der Waals surface area contributed by atoms with Gasteiger partial charge >= 0.3 is 12.1 Å². The smallest absolute Gasteiger partial charge is 0.475 e. The first-order valence-electron chi connectivity index (χ1n) is 12.1. The van der Waals surface area contributed by atoms with E-state index in [9.17, 15) is 18.0 Å². The van der Waals surface area contributed by atoms with Crippen molar-refractivity contribution in [2.24, 2.45) is 0 Å². The van der Waals surface area contributed by atoms with E-state index in [-0.39, 0.29) is 5.91 Å². The molecule has 1 saturated heterocycles. The molecule has 1 N–H and O–H groups in total. The molecule has 3 aromatic rings. The van der Waals surface area contributed by atoms with E-state index in [1.807, 2.05) is 35.1 Å². The molecule has 1 aliphatic rings. The number of ether oxygens (including phenoxy) is 1.